The highest BCUT2D eigenvalue weighted by atomic mass is 16.5. The fourth-order valence-electron chi connectivity index (χ4n) is 1.78. The van der Waals surface area contributed by atoms with Crippen molar-refractivity contribution in [3.63, 3.8) is 0 Å². The van der Waals surface area contributed by atoms with E-state index in [1.165, 1.54) is 0 Å². The molecule has 0 radical (unpaired) electrons. The van der Waals surface area contributed by atoms with E-state index in [0.29, 0.717) is 12.2 Å². The van der Waals surface area contributed by atoms with Crippen LogP contribution in [0.1, 0.15) is 34.6 Å². The number of hydrogen-bond donors (Lipinski definition) is 0. The number of nitrogens with zero attached hydrogens (tertiary/aromatic N) is 1. The minimum absolute atomic E-state index is 0.121. The number of carbonyl (C=O) groups excluding carboxylic acids is 2. The van der Waals surface area contributed by atoms with Crippen LogP contribution in [0, 0.1) is 0 Å². The van der Waals surface area contributed by atoms with Gasteiger partial charge in [0.25, 0.3) is 0 Å². The van der Waals surface area contributed by atoms with Gasteiger partial charge in [-0.25, -0.2) is 4.79 Å². The van der Waals surface area contributed by atoms with Crippen molar-refractivity contribution in [3.8, 4) is 0 Å². The quantitative estimate of drug-likeness (QED) is 0.636. The standard InChI is InChI=1S/C11H15NO2.C8H8O/c1-4-14-11(13)9-5-7-10(8-6-9)12(2)3;1-7(9)8-5-3-2-4-6-8/h5-8H,4H2,1-3H3;2-6H,1H3. The summed E-state index contributed by atoms with van der Waals surface area (Å²) in [6, 6.07) is 16.6. The molecule has 122 valence electrons. The minimum Gasteiger partial charge on any atom is -0.462 e. The third kappa shape index (κ3) is 6.34. The lowest BCUT2D eigenvalue weighted by Gasteiger charge is -2.12. The predicted octanol–water partition coefficient (Wildman–Crippen LogP) is 3.82. The third-order valence-corrected chi connectivity index (χ3v) is 3.08. The minimum atomic E-state index is -0.266. The van der Waals surface area contributed by atoms with Crippen LogP contribution < -0.4 is 4.90 Å². The lowest BCUT2D eigenvalue weighted by atomic mass is 10.2. The van der Waals surface area contributed by atoms with Crippen LogP contribution in [0.3, 0.4) is 0 Å². The van der Waals surface area contributed by atoms with Crippen LogP contribution in [0.25, 0.3) is 0 Å². The number of benzene rings is 2. The van der Waals surface area contributed by atoms with Gasteiger partial charge in [0.2, 0.25) is 0 Å². The molecule has 0 N–H and O–H groups in total. The lowest BCUT2D eigenvalue weighted by Crippen LogP contribution is -2.09. The highest BCUT2D eigenvalue weighted by Crippen LogP contribution is 2.12. The smallest absolute Gasteiger partial charge is 0.338 e. The fraction of sp³-hybridized carbons (Fsp3) is 0.263. The van der Waals surface area contributed by atoms with Crippen LogP contribution in [-0.4, -0.2) is 32.5 Å². The molecule has 0 aliphatic heterocycles. The van der Waals surface area contributed by atoms with Gasteiger partial charge in [-0.3, -0.25) is 4.79 Å². The van der Waals surface area contributed by atoms with Crippen molar-refractivity contribution in [3.05, 3.63) is 65.7 Å². The van der Waals surface area contributed by atoms with Gasteiger partial charge >= 0.3 is 5.97 Å². The molecule has 0 spiro atoms. The van der Waals surface area contributed by atoms with E-state index in [0.717, 1.165) is 11.3 Å². The zero-order valence-electron chi connectivity index (χ0n) is 14.1. The van der Waals surface area contributed by atoms with E-state index in [4.69, 9.17) is 4.74 Å². The molecule has 2 rings (SSSR count). The molecule has 23 heavy (non-hydrogen) atoms. The van der Waals surface area contributed by atoms with Crippen molar-refractivity contribution in [1.29, 1.82) is 0 Å². The summed E-state index contributed by atoms with van der Waals surface area (Å²) in [6.45, 7) is 3.77. The van der Waals surface area contributed by atoms with Crippen molar-refractivity contribution in [1.82, 2.24) is 0 Å². The summed E-state index contributed by atoms with van der Waals surface area (Å²) in [7, 11) is 3.92. The van der Waals surface area contributed by atoms with E-state index in [2.05, 4.69) is 0 Å². The normalized spacial score (nSPS) is 9.39. The molecule has 2 aromatic carbocycles. The molecule has 0 aliphatic carbocycles. The Morgan fingerprint density at radius 3 is 1.87 bits per heavy atom. The molecule has 0 bridgehead atoms. The number of rotatable bonds is 4. The number of ketones is 1. The van der Waals surface area contributed by atoms with E-state index < -0.39 is 0 Å². The molecule has 4 heteroatoms. The van der Waals surface area contributed by atoms with Crippen molar-refractivity contribution >= 4 is 17.4 Å². The second-order valence-electron chi connectivity index (χ2n) is 5.08. The van der Waals surface area contributed by atoms with Crippen LogP contribution in [-0.2, 0) is 4.74 Å². The highest BCUT2D eigenvalue weighted by Gasteiger charge is 2.05. The molecule has 0 saturated heterocycles. The highest BCUT2D eigenvalue weighted by molar-refractivity contribution is 5.93. The largest absolute Gasteiger partial charge is 0.462 e. The Morgan fingerprint density at radius 2 is 1.48 bits per heavy atom. The van der Waals surface area contributed by atoms with Crippen LogP contribution in [0.15, 0.2) is 54.6 Å². The maximum absolute atomic E-state index is 11.3. The van der Waals surface area contributed by atoms with Crippen LogP contribution in [0.2, 0.25) is 0 Å². The SMILES string of the molecule is CC(=O)c1ccccc1.CCOC(=O)c1ccc(N(C)C)cc1. The van der Waals surface area contributed by atoms with Gasteiger partial charge in [0, 0.05) is 25.3 Å². The molecule has 0 amide bonds. The maximum atomic E-state index is 11.3. The molecular formula is C19H23NO3. The molecule has 0 aromatic heterocycles. The number of carbonyl (C=O) groups is 2. The first kappa shape index (κ1) is 18.4. The molecule has 0 atom stereocenters. The van der Waals surface area contributed by atoms with Gasteiger partial charge in [-0.2, -0.15) is 0 Å². The van der Waals surface area contributed by atoms with E-state index in [1.54, 1.807) is 26.0 Å². The number of ether oxygens (including phenoxy) is 1. The van der Waals surface area contributed by atoms with Crippen molar-refractivity contribution in [2.45, 2.75) is 13.8 Å². The van der Waals surface area contributed by atoms with Gasteiger partial charge in [0.05, 0.1) is 12.2 Å². The van der Waals surface area contributed by atoms with Crippen molar-refractivity contribution in [2.24, 2.45) is 0 Å². The van der Waals surface area contributed by atoms with E-state index in [1.807, 2.05) is 61.5 Å². The molecule has 0 fully saturated rings. The average Bonchev–Trinajstić information content (AvgIpc) is 2.56. The monoisotopic (exact) mass is 313 g/mol. The maximum Gasteiger partial charge on any atom is 0.338 e. The Kier molecular flexibility index (Phi) is 7.54. The Labute approximate surface area is 137 Å². The molecule has 0 unspecified atom stereocenters. The first-order chi connectivity index (χ1) is 11.0. The summed E-state index contributed by atoms with van der Waals surface area (Å²) in [6.07, 6.45) is 0. The molecule has 0 aliphatic rings. The van der Waals surface area contributed by atoms with Crippen molar-refractivity contribution < 1.29 is 14.3 Å². The van der Waals surface area contributed by atoms with Crippen LogP contribution in [0.5, 0.6) is 0 Å². The number of Topliss-reactive ketones (excluding diaryl/α,β-unsaturated/α-hetero) is 1. The fourth-order valence-corrected chi connectivity index (χ4v) is 1.78. The van der Waals surface area contributed by atoms with Gasteiger partial charge in [-0.15, -0.1) is 0 Å². The summed E-state index contributed by atoms with van der Waals surface area (Å²) in [5.41, 5.74) is 2.44. The Morgan fingerprint density at radius 1 is 0.913 bits per heavy atom. The number of anilines is 1. The zero-order chi connectivity index (χ0) is 17.2. The zero-order valence-corrected chi connectivity index (χ0v) is 14.1. The van der Waals surface area contributed by atoms with Gasteiger partial charge < -0.3 is 9.64 Å². The number of esters is 1. The van der Waals surface area contributed by atoms with Crippen molar-refractivity contribution in [2.75, 3.05) is 25.6 Å². The summed E-state index contributed by atoms with van der Waals surface area (Å²) >= 11 is 0. The summed E-state index contributed by atoms with van der Waals surface area (Å²) in [5, 5.41) is 0. The summed E-state index contributed by atoms with van der Waals surface area (Å²) in [5.74, 6) is -0.145. The molecule has 0 saturated carbocycles. The van der Waals surface area contributed by atoms with Crippen LogP contribution >= 0.6 is 0 Å². The second kappa shape index (κ2) is 9.41. The molecule has 2 aromatic rings. The van der Waals surface area contributed by atoms with Gasteiger partial charge in [-0.05, 0) is 38.1 Å². The average molecular weight is 313 g/mol. The van der Waals surface area contributed by atoms with Gasteiger partial charge in [0.15, 0.2) is 5.78 Å². The van der Waals surface area contributed by atoms with E-state index in [9.17, 15) is 9.59 Å². The molecular weight excluding hydrogens is 290 g/mol. The number of hydrogen-bond acceptors (Lipinski definition) is 4. The Bertz CT molecular complexity index is 619. The third-order valence-electron chi connectivity index (χ3n) is 3.08. The van der Waals surface area contributed by atoms with Crippen LogP contribution in [0.4, 0.5) is 5.69 Å². The summed E-state index contributed by atoms with van der Waals surface area (Å²) in [4.78, 5) is 23.9. The van der Waals surface area contributed by atoms with Gasteiger partial charge in [-0.1, -0.05) is 30.3 Å². The first-order valence-electron chi connectivity index (χ1n) is 7.46. The molecule has 0 heterocycles. The first-order valence-corrected chi connectivity index (χ1v) is 7.46. The Balaban J connectivity index is 0.000000253. The predicted molar refractivity (Wildman–Crippen MR) is 93.2 cm³/mol. The second-order valence-corrected chi connectivity index (χ2v) is 5.08. The van der Waals surface area contributed by atoms with E-state index >= 15 is 0 Å². The Hall–Kier alpha value is -2.62. The van der Waals surface area contributed by atoms with Gasteiger partial charge in [0.1, 0.15) is 0 Å². The lowest BCUT2D eigenvalue weighted by molar-refractivity contribution is 0.0526. The van der Waals surface area contributed by atoms with E-state index in [-0.39, 0.29) is 11.8 Å². The molecule has 4 nitrogen and oxygen atoms in total. The summed E-state index contributed by atoms with van der Waals surface area (Å²) < 4.78 is 4.88. The topological polar surface area (TPSA) is 46.6 Å².